The minimum absolute atomic E-state index is 0.0398. The number of amides is 1. The van der Waals surface area contributed by atoms with Crippen LogP contribution in [0, 0.1) is 11.3 Å². The number of fused-ring (bicyclic) bond motifs is 1. The Morgan fingerprint density at radius 2 is 2.00 bits per heavy atom. The van der Waals surface area contributed by atoms with Crippen LogP contribution in [0.5, 0.6) is 5.75 Å². The van der Waals surface area contributed by atoms with Gasteiger partial charge in [-0.05, 0) is 86.9 Å². The van der Waals surface area contributed by atoms with E-state index < -0.39 is 0 Å². The lowest BCUT2D eigenvalue weighted by molar-refractivity contribution is -0.128. The Kier molecular flexibility index (Phi) is 7.26. The topological polar surface area (TPSA) is 53.0 Å². The van der Waals surface area contributed by atoms with Gasteiger partial charge in [0.2, 0.25) is 5.91 Å². The lowest BCUT2D eigenvalue weighted by Gasteiger charge is -2.42. The van der Waals surface area contributed by atoms with E-state index >= 15 is 0 Å². The van der Waals surface area contributed by atoms with E-state index in [0.29, 0.717) is 13.1 Å². The van der Waals surface area contributed by atoms with Gasteiger partial charge < -0.3 is 19.6 Å². The highest BCUT2D eigenvalue weighted by molar-refractivity contribution is 5.91. The van der Waals surface area contributed by atoms with Crippen LogP contribution in [0.4, 0.5) is 0 Å². The number of hydrogen-bond acceptors (Lipinski definition) is 4. The van der Waals surface area contributed by atoms with E-state index in [-0.39, 0.29) is 23.3 Å². The van der Waals surface area contributed by atoms with E-state index in [1.807, 2.05) is 35.2 Å². The molecule has 0 aromatic heterocycles. The average molecular weight is 475 g/mol. The fourth-order valence-corrected chi connectivity index (χ4v) is 6.26. The molecule has 2 saturated heterocycles. The highest BCUT2D eigenvalue weighted by Gasteiger charge is 2.40. The van der Waals surface area contributed by atoms with Crippen LogP contribution in [-0.2, 0) is 4.79 Å². The summed E-state index contributed by atoms with van der Waals surface area (Å²) < 4.78 is 5.25. The molecule has 0 bridgehead atoms. The van der Waals surface area contributed by atoms with Crippen molar-refractivity contribution in [3.05, 3.63) is 71.4 Å². The molecule has 2 aliphatic heterocycles. The maximum Gasteiger partial charge on any atom is 0.246 e. The number of carbonyl (C=O) groups excluding carboxylic acids is 1. The number of ether oxygens (including phenoxy) is 1. The lowest BCUT2D eigenvalue weighted by Crippen LogP contribution is -2.47. The first-order valence-corrected chi connectivity index (χ1v) is 13.2. The molecule has 5 nitrogen and oxygen atoms in total. The number of hydrogen-bond donors (Lipinski definition) is 1. The molecule has 0 saturated carbocycles. The van der Waals surface area contributed by atoms with Gasteiger partial charge in [0.05, 0.1) is 13.2 Å². The third-order valence-corrected chi connectivity index (χ3v) is 8.49. The number of methoxy groups -OCH3 is 1. The second-order valence-corrected chi connectivity index (χ2v) is 10.5. The smallest absolute Gasteiger partial charge is 0.246 e. The molecule has 1 amide bonds. The molecule has 1 aromatic rings. The summed E-state index contributed by atoms with van der Waals surface area (Å²) in [5, 5.41) is 11.0. The number of β-amino-alcohol motifs (C(OH)–C–C–N with tert-alkyl or cyclic N) is 1. The van der Waals surface area contributed by atoms with Crippen molar-refractivity contribution in [3.63, 3.8) is 0 Å². The molecule has 2 fully saturated rings. The summed E-state index contributed by atoms with van der Waals surface area (Å²) >= 11 is 0. The third-order valence-electron chi connectivity index (χ3n) is 8.49. The zero-order chi connectivity index (χ0) is 24.3. The average Bonchev–Trinajstić information content (AvgIpc) is 3.27. The summed E-state index contributed by atoms with van der Waals surface area (Å²) in [5.74, 6) is 1.09. The second-order valence-electron chi connectivity index (χ2n) is 10.5. The summed E-state index contributed by atoms with van der Waals surface area (Å²) in [7, 11) is 1.64. The summed E-state index contributed by atoms with van der Waals surface area (Å²) in [4.78, 5) is 17.0. The van der Waals surface area contributed by atoms with Crippen molar-refractivity contribution < 1.29 is 14.6 Å². The maximum absolute atomic E-state index is 12.7. The molecule has 1 aromatic carbocycles. The Balaban J connectivity index is 1.07. The monoisotopic (exact) mass is 474 g/mol. The molecule has 1 N–H and O–H groups in total. The van der Waals surface area contributed by atoms with E-state index in [1.54, 1.807) is 18.8 Å². The molecule has 5 rings (SSSR count). The predicted octanol–water partition coefficient (Wildman–Crippen LogP) is 4.61. The molecule has 5 heteroatoms. The Morgan fingerprint density at radius 1 is 1.20 bits per heavy atom. The molecule has 0 radical (unpaired) electrons. The Bertz CT molecular complexity index is 1040. The highest BCUT2D eigenvalue weighted by Crippen LogP contribution is 2.49. The van der Waals surface area contributed by atoms with Gasteiger partial charge >= 0.3 is 0 Å². The Labute approximate surface area is 209 Å². The molecule has 1 spiro atoms. The van der Waals surface area contributed by atoms with E-state index in [4.69, 9.17) is 4.74 Å². The standard InChI is InChI=1S/C30H38N2O3/c1-35-26-7-4-5-23(21-26)9-10-29(34)32-17-12-25(13-18-32)28(33)22-31-19-15-30(16-20-31)14-11-24-6-2-3-8-27(24)30/h2,4-7,9-11,14,21,25,28,33H,3,8,12-13,15-20,22H2,1H3/b10-9+. The minimum atomic E-state index is -0.319. The van der Waals surface area contributed by atoms with Crippen molar-refractivity contribution in [1.29, 1.82) is 0 Å². The van der Waals surface area contributed by atoms with Gasteiger partial charge in [0.15, 0.2) is 0 Å². The van der Waals surface area contributed by atoms with E-state index in [2.05, 4.69) is 29.2 Å². The number of piperidine rings is 2. The number of benzene rings is 1. The molecule has 1 unspecified atom stereocenters. The number of aliphatic hydroxyl groups excluding tert-OH is 1. The summed E-state index contributed by atoms with van der Waals surface area (Å²) in [6.45, 7) is 4.27. The number of allylic oxidation sites excluding steroid dienone is 6. The maximum atomic E-state index is 12.7. The lowest BCUT2D eigenvalue weighted by atomic mass is 9.71. The van der Waals surface area contributed by atoms with Crippen molar-refractivity contribution in [2.75, 3.05) is 39.8 Å². The van der Waals surface area contributed by atoms with Crippen LogP contribution in [0.3, 0.4) is 0 Å². The number of rotatable bonds is 6. The quantitative estimate of drug-likeness (QED) is 0.612. The Morgan fingerprint density at radius 3 is 2.77 bits per heavy atom. The molecular formula is C30H38N2O3. The van der Waals surface area contributed by atoms with Gasteiger partial charge in [0.25, 0.3) is 0 Å². The van der Waals surface area contributed by atoms with Crippen LogP contribution in [0.2, 0.25) is 0 Å². The zero-order valence-electron chi connectivity index (χ0n) is 20.9. The van der Waals surface area contributed by atoms with Gasteiger partial charge in [-0.2, -0.15) is 0 Å². The number of carbonyl (C=O) groups is 1. The van der Waals surface area contributed by atoms with E-state index in [9.17, 15) is 9.90 Å². The highest BCUT2D eigenvalue weighted by atomic mass is 16.5. The van der Waals surface area contributed by atoms with Crippen molar-refractivity contribution in [2.45, 2.75) is 44.6 Å². The first-order valence-electron chi connectivity index (χ1n) is 13.2. The van der Waals surface area contributed by atoms with Crippen molar-refractivity contribution in [1.82, 2.24) is 9.80 Å². The van der Waals surface area contributed by atoms with Gasteiger partial charge in [0, 0.05) is 31.1 Å². The van der Waals surface area contributed by atoms with Crippen molar-refractivity contribution in [3.8, 4) is 5.75 Å². The molecule has 35 heavy (non-hydrogen) atoms. The van der Waals surface area contributed by atoms with Crippen LogP contribution in [0.1, 0.15) is 44.1 Å². The molecule has 2 heterocycles. The second kappa shape index (κ2) is 10.5. The Hall–Kier alpha value is -2.63. The van der Waals surface area contributed by atoms with Crippen molar-refractivity contribution >= 4 is 12.0 Å². The van der Waals surface area contributed by atoms with Crippen LogP contribution in [0.15, 0.2) is 65.8 Å². The minimum Gasteiger partial charge on any atom is -0.497 e. The number of likely N-dealkylation sites (tertiary alicyclic amines) is 2. The molecule has 186 valence electrons. The van der Waals surface area contributed by atoms with Crippen LogP contribution in [0.25, 0.3) is 6.08 Å². The van der Waals surface area contributed by atoms with Gasteiger partial charge in [-0.1, -0.05) is 42.0 Å². The molecule has 2 aliphatic carbocycles. The largest absolute Gasteiger partial charge is 0.497 e. The third kappa shape index (κ3) is 5.31. The summed E-state index contributed by atoms with van der Waals surface area (Å²) in [5.41, 5.74) is 4.32. The SMILES string of the molecule is COc1cccc(/C=C/C(=O)N2CCC(C(O)CN3CCC4(C=CC5=C4CCC=C5)CC3)CC2)c1. The van der Waals surface area contributed by atoms with Crippen molar-refractivity contribution in [2.24, 2.45) is 11.3 Å². The number of aliphatic hydroxyl groups is 1. The van der Waals surface area contributed by atoms with Crippen LogP contribution >= 0.6 is 0 Å². The fourth-order valence-electron chi connectivity index (χ4n) is 6.26. The van der Waals surface area contributed by atoms with Gasteiger partial charge in [-0.25, -0.2) is 0 Å². The van der Waals surface area contributed by atoms with Crippen LogP contribution in [-0.4, -0.2) is 66.8 Å². The normalized spacial score (nSPS) is 23.3. The fraction of sp³-hybridized carbons (Fsp3) is 0.500. The van der Waals surface area contributed by atoms with Gasteiger partial charge in [0.1, 0.15) is 5.75 Å². The molecule has 4 aliphatic rings. The number of nitrogens with zero attached hydrogens (tertiary/aromatic N) is 2. The van der Waals surface area contributed by atoms with E-state index in [1.165, 1.54) is 18.4 Å². The molecule has 1 atom stereocenters. The van der Waals surface area contributed by atoms with Gasteiger partial charge in [-0.3, -0.25) is 4.79 Å². The predicted molar refractivity (Wildman–Crippen MR) is 140 cm³/mol. The molecular weight excluding hydrogens is 436 g/mol. The van der Waals surface area contributed by atoms with Crippen LogP contribution < -0.4 is 4.74 Å². The summed E-state index contributed by atoms with van der Waals surface area (Å²) in [6, 6.07) is 7.69. The first-order chi connectivity index (χ1) is 17.1. The zero-order valence-corrected chi connectivity index (χ0v) is 20.9. The summed E-state index contributed by atoms with van der Waals surface area (Å²) in [6.07, 6.45) is 19.0. The van der Waals surface area contributed by atoms with E-state index in [0.717, 1.165) is 56.6 Å². The first kappa shape index (κ1) is 24.1. The van der Waals surface area contributed by atoms with Gasteiger partial charge in [-0.15, -0.1) is 0 Å².